The minimum absolute atomic E-state index is 0.404. The summed E-state index contributed by atoms with van der Waals surface area (Å²) in [6.45, 7) is 6.68. The fraction of sp³-hybridized carbons (Fsp3) is 0.667. The second-order valence-electron chi connectivity index (χ2n) is 7.25. The molecule has 1 aliphatic carbocycles. The van der Waals surface area contributed by atoms with Crippen molar-refractivity contribution in [2.45, 2.75) is 45.3 Å². The van der Waals surface area contributed by atoms with Crippen LogP contribution in [0.25, 0.3) is 0 Å². The van der Waals surface area contributed by atoms with Crippen LogP contribution in [-0.2, 0) is 24.9 Å². The molecule has 24 heavy (non-hydrogen) atoms. The van der Waals surface area contributed by atoms with E-state index < -0.39 is 0 Å². The van der Waals surface area contributed by atoms with Gasteiger partial charge in [0.25, 0.3) is 0 Å². The van der Waals surface area contributed by atoms with Crippen molar-refractivity contribution in [2.24, 2.45) is 13.0 Å². The first-order valence-electron chi connectivity index (χ1n) is 8.90. The van der Waals surface area contributed by atoms with E-state index in [0.717, 1.165) is 36.3 Å². The van der Waals surface area contributed by atoms with Crippen LogP contribution in [-0.4, -0.2) is 39.1 Å². The Bertz CT molecular complexity index is 691. The maximum atomic E-state index is 6.02. The summed E-state index contributed by atoms with van der Waals surface area (Å²) < 4.78 is 8.20. The maximum absolute atomic E-state index is 6.02. The predicted molar refractivity (Wildman–Crippen MR) is 95.1 cm³/mol. The average Bonchev–Trinajstić information content (AvgIpc) is 3.10. The van der Waals surface area contributed by atoms with Crippen LogP contribution in [0.4, 0.5) is 0 Å². The minimum Gasteiger partial charge on any atom is -0.374 e. The van der Waals surface area contributed by atoms with Gasteiger partial charge in [-0.15, -0.1) is 11.3 Å². The second-order valence-corrected chi connectivity index (χ2v) is 8.31. The van der Waals surface area contributed by atoms with Crippen molar-refractivity contribution in [1.29, 1.82) is 0 Å². The van der Waals surface area contributed by atoms with Crippen molar-refractivity contribution in [3.63, 3.8) is 0 Å². The molecule has 1 fully saturated rings. The zero-order valence-electron chi connectivity index (χ0n) is 14.6. The fourth-order valence-corrected chi connectivity index (χ4v) is 4.50. The van der Waals surface area contributed by atoms with Gasteiger partial charge in [0, 0.05) is 43.7 Å². The Labute approximate surface area is 147 Å². The first-order chi connectivity index (χ1) is 11.7. The summed E-state index contributed by atoms with van der Waals surface area (Å²) in [6.07, 6.45) is 6.16. The quantitative estimate of drug-likeness (QED) is 0.806. The highest BCUT2D eigenvalue weighted by molar-refractivity contribution is 7.09. The Morgan fingerprint density at radius 2 is 2.25 bits per heavy atom. The molecule has 0 amide bonds. The number of ether oxygens (including phenoxy) is 1. The number of thiazole rings is 1. The summed E-state index contributed by atoms with van der Waals surface area (Å²) in [5, 5.41) is 3.20. The predicted octanol–water partition coefficient (Wildman–Crippen LogP) is 3.10. The summed E-state index contributed by atoms with van der Waals surface area (Å²) in [7, 11) is 2.10. The molecule has 6 heteroatoms. The van der Waals surface area contributed by atoms with Crippen LogP contribution in [0.3, 0.4) is 0 Å². The molecule has 0 aromatic carbocycles. The van der Waals surface area contributed by atoms with Crippen molar-refractivity contribution in [1.82, 2.24) is 19.4 Å². The topological polar surface area (TPSA) is 43.2 Å². The molecule has 5 nitrogen and oxygen atoms in total. The summed E-state index contributed by atoms with van der Waals surface area (Å²) in [4.78, 5) is 11.7. The third-order valence-corrected chi connectivity index (χ3v) is 6.10. The molecule has 0 radical (unpaired) electrons. The van der Waals surface area contributed by atoms with Crippen LogP contribution >= 0.6 is 11.3 Å². The van der Waals surface area contributed by atoms with E-state index in [-0.39, 0.29) is 0 Å². The van der Waals surface area contributed by atoms with Gasteiger partial charge >= 0.3 is 0 Å². The zero-order valence-corrected chi connectivity index (χ0v) is 15.4. The number of aromatic nitrogens is 3. The van der Waals surface area contributed by atoms with Gasteiger partial charge < -0.3 is 9.30 Å². The molecule has 0 unspecified atom stereocenters. The molecule has 4 rings (SSSR count). The van der Waals surface area contributed by atoms with E-state index in [1.54, 1.807) is 11.3 Å². The summed E-state index contributed by atoms with van der Waals surface area (Å²) in [5.41, 5.74) is 3.64. The van der Waals surface area contributed by atoms with E-state index >= 15 is 0 Å². The number of hydrogen-bond donors (Lipinski definition) is 0. The number of aryl methyl sites for hydroxylation is 2. The van der Waals surface area contributed by atoms with E-state index in [4.69, 9.17) is 4.74 Å². The average molecular weight is 346 g/mol. The van der Waals surface area contributed by atoms with Gasteiger partial charge in [-0.05, 0) is 25.7 Å². The van der Waals surface area contributed by atoms with E-state index in [1.165, 1.54) is 37.2 Å². The Balaban J connectivity index is 1.40. The Morgan fingerprint density at radius 3 is 2.96 bits per heavy atom. The van der Waals surface area contributed by atoms with Crippen molar-refractivity contribution in [3.05, 3.63) is 33.8 Å². The maximum Gasteiger partial charge on any atom is 0.0949 e. The highest BCUT2D eigenvalue weighted by Gasteiger charge is 2.31. The first-order valence-corrected chi connectivity index (χ1v) is 9.78. The zero-order chi connectivity index (χ0) is 16.5. The number of imidazole rings is 1. The highest BCUT2D eigenvalue weighted by Crippen LogP contribution is 2.32. The molecule has 2 aromatic heterocycles. The molecule has 0 saturated heterocycles. The van der Waals surface area contributed by atoms with Crippen LogP contribution < -0.4 is 0 Å². The molecule has 0 N–H and O–H groups in total. The standard InChI is InChI=1S/C18H26N4OS/c1-13-20-16(11-24-13)10-23-9-15-7-22(6-14-4-3-5-14)8-17-18(15)21(2)12-19-17/h11-12,14-15H,3-10H2,1-2H3/t15-/m1/s1. The largest absolute Gasteiger partial charge is 0.374 e. The SMILES string of the molecule is Cc1nc(COC[C@H]2CN(CC3CCC3)Cc3ncn(C)c32)cs1. The molecule has 1 aliphatic heterocycles. The van der Waals surface area contributed by atoms with Crippen LogP contribution in [0, 0.1) is 12.8 Å². The summed E-state index contributed by atoms with van der Waals surface area (Å²) >= 11 is 1.69. The van der Waals surface area contributed by atoms with Crippen molar-refractivity contribution < 1.29 is 4.74 Å². The summed E-state index contributed by atoms with van der Waals surface area (Å²) in [6, 6.07) is 0. The molecule has 1 saturated carbocycles. The lowest BCUT2D eigenvalue weighted by atomic mass is 9.84. The molecular weight excluding hydrogens is 320 g/mol. The van der Waals surface area contributed by atoms with Gasteiger partial charge in [-0.3, -0.25) is 4.90 Å². The Kier molecular flexibility index (Phi) is 4.70. The summed E-state index contributed by atoms with van der Waals surface area (Å²) in [5.74, 6) is 1.30. The minimum atomic E-state index is 0.404. The molecule has 0 spiro atoms. The van der Waals surface area contributed by atoms with Gasteiger partial charge in [0.15, 0.2) is 0 Å². The van der Waals surface area contributed by atoms with E-state index in [9.17, 15) is 0 Å². The monoisotopic (exact) mass is 346 g/mol. The van der Waals surface area contributed by atoms with Crippen LogP contribution in [0.2, 0.25) is 0 Å². The Morgan fingerprint density at radius 1 is 1.38 bits per heavy atom. The van der Waals surface area contributed by atoms with Crippen molar-refractivity contribution >= 4 is 11.3 Å². The molecule has 3 heterocycles. The smallest absolute Gasteiger partial charge is 0.0949 e. The second kappa shape index (κ2) is 6.94. The van der Waals surface area contributed by atoms with Gasteiger partial charge in [-0.25, -0.2) is 9.97 Å². The third kappa shape index (κ3) is 3.41. The third-order valence-electron chi connectivity index (χ3n) is 5.28. The lowest BCUT2D eigenvalue weighted by Crippen LogP contribution is -2.40. The number of hydrogen-bond acceptors (Lipinski definition) is 5. The molecular formula is C18H26N4OS. The van der Waals surface area contributed by atoms with Gasteiger partial charge in [0.2, 0.25) is 0 Å². The highest BCUT2D eigenvalue weighted by atomic mass is 32.1. The van der Waals surface area contributed by atoms with Gasteiger partial charge in [0.1, 0.15) is 0 Å². The van der Waals surface area contributed by atoms with Crippen LogP contribution in [0.15, 0.2) is 11.7 Å². The van der Waals surface area contributed by atoms with Gasteiger partial charge in [-0.2, -0.15) is 0 Å². The lowest BCUT2D eigenvalue weighted by Gasteiger charge is -2.37. The molecule has 2 aliphatic rings. The normalized spacial score (nSPS) is 21.7. The van der Waals surface area contributed by atoms with Crippen molar-refractivity contribution in [3.8, 4) is 0 Å². The van der Waals surface area contributed by atoms with E-state index in [2.05, 4.69) is 31.9 Å². The number of rotatable bonds is 6. The van der Waals surface area contributed by atoms with Gasteiger partial charge in [-0.1, -0.05) is 6.42 Å². The molecule has 1 atom stereocenters. The molecule has 0 bridgehead atoms. The van der Waals surface area contributed by atoms with Crippen LogP contribution in [0.5, 0.6) is 0 Å². The van der Waals surface area contributed by atoms with Crippen LogP contribution in [0.1, 0.15) is 47.3 Å². The van der Waals surface area contributed by atoms with E-state index in [1.807, 2.05) is 13.3 Å². The lowest BCUT2D eigenvalue weighted by molar-refractivity contribution is 0.0744. The van der Waals surface area contributed by atoms with Crippen molar-refractivity contribution in [2.75, 3.05) is 19.7 Å². The Hall–Kier alpha value is -1.24. The number of fused-ring (bicyclic) bond motifs is 1. The first kappa shape index (κ1) is 16.2. The fourth-order valence-electron chi connectivity index (χ4n) is 3.90. The molecule has 130 valence electrons. The van der Waals surface area contributed by atoms with E-state index in [0.29, 0.717) is 12.5 Å². The number of nitrogens with zero attached hydrogens (tertiary/aromatic N) is 4. The molecule has 2 aromatic rings. The van der Waals surface area contributed by atoms with Gasteiger partial charge in [0.05, 0.1) is 35.9 Å².